The lowest BCUT2D eigenvalue weighted by molar-refractivity contribution is -0.0494. The highest BCUT2D eigenvalue weighted by atomic mass is 32.2. The Balaban J connectivity index is 1.72. The molecule has 2 N–H and O–H groups in total. The van der Waals surface area contributed by atoms with Gasteiger partial charge in [-0.2, -0.15) is 17.5 Å². The van der Waals surface area contributed by atoms with Gasteiger partial charge in [0.15, 0.2) is 5.96 Å². The van der Waals surface area contributed by atoms with Gasteiger partial charge in [0, 0.05) is 65.4 Å². The zero-order valence-corrected chi connectivity index (χ0v) is 18.2. The van der Waals surface area contributed by atoms with Crippen molar-refractivity contribution in [2.45, 2.75) is 31.3 Å². The van der Waals surface area contributed by atoms with Crippen LogP contribution in [-0.2, 0) is 10.0 Å². The quantitative estimate of drug-likeness (QED) is 0.457. The Hall–Kier alpha value is -1.11. The first-order valence-corrected chi connectivity index (χ1v) is 11.4. The van der Waals surface area contributed by atoms with Crippen LogP contribution < -0.4 is 10.6 Å². The zero-order chi connectivity index (χ0) is 21.7. The highest BCUT2D eigenvalue weighted by Gasteiger charge is 2.50. The van der Waals surface area contributed by atoms with E-state index >= 15 is 0 Å². The van der Waals surface area contributed by atoms with E-state index < -0.39 is 15.5 Å². The van der Waals surface area contributed by atoms with Crippen LogP contribution in [0.3, 0.4) is 0 Å². The maximum Gasteiger partial charge on any atom is 0.511 e. The van der Waals surface area contributed by atoms with Gasteiger partial charge < -0.3 is 20.4 Å². The smallest absolute Gasteiger partial charge is 0.356 e. The Bertz CT molecular complexity index is 642. The zero-order valence-electron chi connectivity index (χ0n) is 17.4. The third-order valence-corrected chi connectivity index (χ3v) is 7.06. The SMILES string of the molecule is CN=C(NCC(C)CN1CCN(C)CC1)NC1CCN(S(=O)(=O)C(F)(F)F)CC1. The van der Waals surface area contributed by atoms with Gasteiger partial charge in [-0.15, -0.1) is 0 Å². The topological polar surface area (TPSA) is 80.3 Å². The van der Waals surface area contributed by atoms with Crippen LogP contribution in [0.25, 0.3) is 0 Å². The monoisotopic (exact) mass is 442 g/mol. The molecule has 2 fully saturated rings. The van der Waals surface area contributed by atoms with E-state index in [-0.39, 0.29) is 19.1 Å². The minimum Gasteiger partial charge on any atom is -0.356 e. The predicted molar refractivity (Wildman–Crippen MR) is 107 cm³/mol. The van der Waals surface area contributed by atoms with Gasteiger partial charge in [-0.05, 0) is 25.8 Å². The summed E-state index contributed by atoms with van der Waals surface area (Å²) in [7, 11) is -1.48. The van der Waals surface area contributed by atoms with Crippen molar-refractivity contribution >= 4 is 16.0 Å². The molecule has 0 aromatic heterocycles. The summed E-state index contributed by atoms with van der Waals surface area (Å²) in [4.78, 5) is 8.94. The van der Waals surface area contributed by atoms with Gasteiger partial charge in [-0.1, -0.05) is 6.92 Å². The van der Waals surface area contributed by atoms with Crippen molar-refractivity contribution in [1.29, 1.82) is 0 Å². The lowest BCUT2D eigenvalue weighted by Crippen LogP contribution is -2.52. The summed E-state index contributed by atoms with van der Waals surface area (Å²) >= 11 is 0. The van der Waals surface area contributed by atoms with Crippen LogP contribution >= 0.6 is 0 Å². The third kappa shape index (κ3) is 6.97. The maximum absolute atomic E-state index is 12.7. The van der Waals surface area contributed by atoms with E-state index in [9.17, 15) is 21.6 Å². The van der Waals surface area contributed by atoms with Crippen LogP contribution in [0, 0.1) is 5.92 Å². The van der Waals surface area contributed by atoms with Crippen LogP contribution in [-0.4, -0.2) is 106 Å². The van der Waals surface area contributed by atoms with Crippen molar-refractivity contribution in [3.8, 4) is 0 Å². The molecule has 0 aromatic rings. The fourth-order valence-corrected chi connectivity index (χ4v) is 4.57. The fraction of sp³-hybridized carbons (Fsp3) is 0.941. The molecule has 12 heteroatoms. The van der Waals surface area contributed by atoms with E-state index in [2.05, 4.69) is 39.4 Å². The number of halogens is 3. The van der Waals surface area contributed by atoms with Crippen LogP contribution in [0.2, 0.25) is 0 Å². The van der Waals surface area contributed by atoms with Gasteiger partial charge in [-0.25, -0.2) is 8.42 Å². The van der Waals surface area contributed by atoms with Crippen molar-refractivity contribution in [3.63, 3.8) is 0 Å². The van der Waals surface area contributed by atoms with Gasteiger partial charge >= 0.3 is 15.5 Å². The van der Waals surface area contributed by atoms with Gasteiger partial charge in [-0.3, -0.25) is 4.99 Å². The van der Waals surface area contributed by atoms with Gasteiger partial charge in [0.25, 0.3) is 0 Å². The first-order valence-electron chi connectivity index (χ1n) is 9.97. The first-order chi connectivity index (χ1) is 13.5. The number of hydrogen-bond acceptors (Lipinski definition) is 5. The highest BCUT2D eigenvalue weighted by molar-refractivity contribution is 7.90. The Morgan fingerprint density at radius 2 is 1.72 bits per heavy atom. The molecule has 170 valence electrons. The number of rotatable bonds is 6. The van der Waals surface area contributed by atoms with Crippen LogP contribution in [0.15, 0.2) is 4.99 Å². The Labute approximate surface area is 171 Å². The number of guanidine groups is 1. The minimum absolute atomic E-state index is 0.117. The molecule has 1 atom stereocenters. The average molecular weight is 443 g/mol. The second kappa shape index (κ2) is 10.3. The summed E-state index contributed by atoms with van der Waals surface area (Å²) in [5, 5.41) is 6.47. The van der Waals surface area contributed by atoms with Crippen molar-refractivity contribution in [3.05, 3.63) is 0 Å². The molecular formula is C17H33F3N6O2S. The van der Waals surface area contributed by atoms with E-state index in [4.69, 9.17) is 0 Å². The molecule has 2 rings (SSSR count). The summed E-state index contributed by atoms with van der Waals surface area (Å²) in [5.74, 6) is 1.00. The Morgan fingerprint density at radius 3 is 2.24 bits per heavy atom. The molecule has 0 aromatic carbocycles. The number of nitrogens with zero attached hydrogens (tertiary/aromatic N) is 4. The fourth-order valence-electron chi connectivity index (χ4n) is 3.58. The third-order valence-electron chi connectivity index (χ3n) is 5.43. The number of aliphatic imine (C=N–C) groups is 1. The number of likely N-dealkylation sites (N-methyl/N-ethyl adjacent to an activating group) is 1. The second-order valence-electron chi connectivity index (χ2n) is 7.93. The van der Waals surface area contributed by atoms with Gasteiger partial charge in [0.05, 0.1) is 0 Å². The minimum atomic E-state index is -5.25. The predicted octanol–water partition coefficient (Wildman–Crippen LogP) is 0.349. The highest BCUT2D eigenvalue weighted by Crippen LogP contribution is 2.28. The molecule has 2 aliphatic heterocycles. The van der Waals surface area contributed by atoms with Gasteiger partial charge in [0.2, 0.25) is 0 Å². The van der Waals surface area contributed by atoms with Crippen molar-refractivity contribution < 1.29 is 21.6 Å². The number of sulfonamides is 1. The molecule has 1 unspecified atom stereocenters. The molecule has 29 heavy (non-hydrogen) atoms. The number of piperazine rings is 1. The molecule has 2 saturated heterocycles. The normalized spacial score (nSPS) is 23.2. The molecule has 0 radical (unpaired) electrons. The molecular weight excluding hydrogens is 409 g/mol. The van der Waals surface area contributed by atoms with E-state index in [0.717, 1.165) is 39.3 Å². The van der Waals surface area contributed by atoms with Crippen molar-refractivity contribution in [2.24, 2.45) is 10.9 Å². The molecule has 0 aliphatic carbocycles. The molecule has 2 aliphatic rings. The molecule has 0 amide bonds. The molecule has 0 bridgehead atoms. The molecule has 2 heterocycles. The molecule has 0 spiro atoms. The average Bonchev–Trinajstić information content (AvgIpc) is 2.66. The van der Waals surface area contributed by atoms with E-state index in [1.165, 1.54) is 0 Å². The summed E-state index contributed by atoms with van der Waals surface area (Å²) in [6, 6.07) is -0.117. The summed E-state index contributed by atoms with van der Waals surface area (Å²) in [5.41, 5.74) is -5.25. The van der Waals surface area contributed by atoms with Crippen molar-refractivity contribution in [1.82, 2.24) is 24.7 Å². The lowest BCUT2D eigenvalue weighted by atomic mass is 10.1. The van der Waals surface area contributed by atoms with Crippen molar-refractivity contribution in [2.75, 3.05) is 66.5 Å². The lowest BCUT2D eigenvalue weighted by Gasteiger charge is -2.34. The number of nitrogens with one attached hydrogen (secondary N) is 2. The Morgan fingerprint density at radius 1 is 1.14 bits per heavy atom. The van der Waals surface area contributed by atoms with Gasteiger partial charge in [0.1, 0.15) is 0 Å². The number of hydrogen-bond donors (Lipinski definition) is 2. The largest absolute Gasteiger partial charge is 0.511 e. The summed E-state index contributed by atoms with van der Waals surface area (Å²) < 4.78 is 61.5. The number of alkyl halides is 3. The summed E-state index contributed by atoms with van der Waals surface area (Å²) in [6.45, 7) is 7.85. The van der Waals surface area contributed by atoms with E-state index in [0.29, 0.717) is 29.0 Å². The maximum atomic E-state index is 12.7. The van der Waals surface area contributed by atoms with Crippen LogP contribution in [0.5, 0.6) is 0 Å². The molecule has 0 saturated carbocycles. The standard InChI is InChI=1S/C17H33F3N6O2S/c1-14(13-25-10-8-24(3)9-11-25)12-22-16(21-2)23-15-4-6-26(7-5-15)29(27,28)17(18,19)20/h14-15H,4-13H2,1-3H3,(H2,21,22,23). The molecule has 8 nitrogen and oxygen atoms in total. The summed E-state index contributed by atoms with van der Waals surface area (Å²) in [6.07, 6.45) is 0.597. The van der Waals surface area contributed by atoms with Crippen LogP contribution in [0.4, 0.5) is 13.2 Å². The number of piperidine rings is 1. The van der Waals surface area contributed by atoms with E-state index in [1.54, 1.807) is 7.05 Å². The van der Waals surface area contributed by atoms with Crippen LogP contribution in [0.1, 0.15) is 19.8 Å². The van der Waals surface area contributed by atoms with E-state index in [1.807, 2.05) is 0 Å². The first kappa shape index (κ1) is 24.2. The second-order valence-corrected chi connectivity index (χ2v) is 9.86. The Kier molecular flexibility index (Phi) is 8.56.